The molecule has 0 amide bonds. The van der Waals surface area contributed by atoms with E-state index in [1.165, 1.54) is 89.9 Å². The first kappa shape index (κ1) is 59.4. The van der Waals surface area contributed by atoms with E-state index >= 15 is 0 Å². The zero-order valence-corrected chi connectivity index (χ0v) is 40.1. The monoisotopic (exact) mass is 892 g/mol. The van der Waals surface area contributed by atoms with Crippen LogP contribution in [0.25, 0.3) is 0 Å². The number of ether oxygens (including phenoxy) is 2. The number of nitrogens with two attached hydrogens (primary N) is 1. The number of rotatable bonds is 46. The Balaban J connectivity index is 4.22. The fourth-order valence-corrected chi connectivity index (χ4v) is 7.23. The van der Waals surface area contributed by atoms with Gasteiger partial charge in [0.05, 0.1) is 19.8 Å². The zero-order chi connectivity index (χ0) is 45.5. The SMILES string of the molecule is CC/C=C\C/C=C\C/C=C\C/C=C\C/C=C\CCCCCCCCCC(=O)OC(COCCCCCCCC/C=C\CCCCCCCCC)COP(=O)(O)OCC(N)C(=O)O. The number of aliphatic carboxylic acids is 1. The summed E-state index contributed by atoms with van der Waals surface area (Å²) >= 11 is 0. The van der Waals surface area contributed by atoms with Crippen molar-refractivity contribution < 1.29 is 42.7 Å². The van der Waals surface area contributed by atoms with Crippen LogP contribution in [0.15, 0.2) is 72.9 Å². The molecule has 0 heterocycles. The molecule has 3 atom stereocenters. The summed E-state index contributed by atoms with van der Waals surface area (Å²) in [6.07, 6.45) is 58.1. The Labute approximate surface area is 378 Å². The van der Waals surface area contributed by atoms with E-state index in [0.717, 1.165) is 83.5 Å². The Hall–Kier alpha value is -2.59. The van der Waals surface area contributed by atoms with E-state index in [1.54, 1.807) is 0 Å². The Kier molecular flexibility index (Phi) is 44.5. The predicted octanol–water partition coefficient (Wildman–Crippen LogP) is 14.2. The number of unbranched alkanes of at least 4 members (excludes halogenated alkanes) is 20. The number of carbonyl (C=O) groups is 2. The van der Waals surface area contributed by atoms with Gasteiger partial charge in [0.25, 0.3) is 0 Å². The van der Waals surface area contributed by atoms with E-state index in [2.05, 4.69) is 86.8 Å². The van der Waals surface area contributed by atoms with Crippen molar-refractivity contribution in [1.82, 2.24) is 0 Å². The quantitative estimate of drug-likeness (QED) is 0.0233. The molecule has 10 nitrogen and oxygen atoms in total. The Morgan fingerprint density at radius 3 is 1.42 bits per heavy atom. The van der Waals surface area contributed by atoms with Crippen LogP contribution in [-0.2, 0) is 32.7 Å². The highest BCUT2D eigenvalue weighted by molar-refractivity contribution is 7.47. The number of carboxylic acids is 1. The number of esters is 1. The van der Waals surface area contributed by atoms with Gasteiger partial charge in [-0.15, -0.1) is 0 Å². The number of hydrogen-bond donors (Lipinski definition) is 3. The molecule has 0 saturated heterocycles. The maximum Gasteiger partial charge on any atom is 0.472 e. The average Bonchev–Trinajstić information content (AvgIpc) is 3.25. The van der Waals surface area contributed by atoms with E-state index in [1.807, 2.05) is 0 Å². The van der Waals surface area contributed by atoms with Crippen molar-refractivity contribution >= 4 is 19.8 Å². The Bertz CT molecular complexity index is 1260. The van der Waals surface area contributed by atoms with Gasteiger partial charge in [-0.3, -0.25) is 18.6 Å². The zero-order valence-electron chi connectivity index (χ0n) is 39.2. The van der Waals surface area contributed by atoms with Crippen molar-refractivity contribution in [1.29, 1.82) is 0 Å². The second-order valence-corrected chi connectivity index (χ2v) is 17.7. The van der Waals surface area contributed by atoms with Crippen LogP contribution >= 0.6 is 7.82 Å². The van der Waals surface area contributed by atoms with Crippen LogP contribution < -0.4 is 5.73 Å². The van der Waals surface area contributed by atoms with Crippen LogP contribution in [0, 0.1) is 0 Å². The highest BCUT2D eigenvalue weighted by Gasteiger charge is 2.27. The maximum atomic E-state index is 12.7. The van der Waals surface area contributed by atoms with Crippen LogP contribution in [-0.4, -0.2) is 60.5 Å². The minimum atomic E-state index is -4.63. The largest absolute Gasteiger partial charge is 0.480 e. The summed E-state index contributed by atoms with van der Waals surface area (Å²) in [6, 6.07) is -1.48. The molecule has 0 aliphatic rings. The fraction of sp³-hybridized carbons (Fsp3) is 0.725. The van der Waals surface area contributed by atoms with E-state index in [4.69, 9.17) is 29.4 Å². The van der Waals surface area contributed by atoms with Gasteiger partial charge in [-0.1, -0.05) is 183 Å². The van der Waals surface area contributed by atoms with Crippen molar-refractivity contribution in [2.24, 2.45) is 5.73 Å². The summed E-state index contributed by atoms with van der Waals surface area (Å²) in [5, 5.41) is 8.92. The Morgan fingerprint density at radius 2 is 0.935 bits per heavy atom. The second-order valence-electron chi connectivity index (χ2n) is 16.2. The Morgan fingerprint density at radius 1 is 0.532 bits per heavy atom. The number of carboxylic acid groups (broad SMARTS) is 1. The molecule has 0 spiro atoms. The smallest absolute Gasteiger partial charge is 0.472 e. The third kappa shape index (κ3) is 45.4. The van der Waals surface area contributed by atoms with Crippen LogP contribution in [0.1, 0.15) is 200 Å². The number of carbonyl (C=O) groups excluding carboxylic acids is 1. The molecule has 0 rings (SSSR count). The van der Waals surface area contributed by atoms with Gasteiger partial charge in [0.1, 0.15) is 12.1 Å². The van der Waals surface area contributed by atoms with Crippen molar-refractivity contribution in [2.75, 3.05) is 26.4 Å². The fourth-order valence-electron chi connectivity index (χ4n) is 6.45. The molecule has 0 aliphatic heterocycles. The molecular formula is C51H90NO9P. The first-order valence-corrected chi connectivity index (χ1v) is 26.0. The summed E-state index contributed by atoms with van der Waals surface area (Å²) in [4.78, 5) is 33.7. The highest BCUT2D eigenvalue weighted by Crippen LogP contribution is 2.43. The lowest BCUT2D eigenvalue weighted by Gasteiger charge is -2.20. The van der Waals surface area contributed by atoms with Gasteiger partial charge in [0.15, 0.2) is 0 Å². The van der Waals surface area contributed by atoms with Crippen molar-refractivity contribution in [3.8, 4) is 0 Å². The molecule has 0 saturated carbocycles. The number of phosphoric acid groups is 1. The minimum absolute atomic E-state index is 0.00515. The van der Waals surface area contributed by atoms with Crippen LogP contribution in [0.5, 0.6) is 0 Å². The topological polar surface area (TPSA) is 155 Å². The highest BCUT2D eigenvalue weighted by atomic mass is 31.2. The summed E-state index contributed by atoms with van der Waals surface area (Å²) in [5.74, 6) is -1.79. The minimum Gasteiger partial charge on any atom is -0.480 e. The molecule has 0 aliphatic carbocycles. The van der Waals surface area contributed by atoms with Gasteiger partial charge in [0, 0.05) is 13.0 Å². The van der Waals surface area contributed by atoms with Crippen LogP contribution in [0.2, 0.25) is 0 Å². The molecule has 62 heavy (non-hydrogen) atoms. The number of phosphoric ester groups is 1. The summed E-state index contributed by atoms with van der Waals surface area (Å²) in [5.41, 5.74) is 5.37. The van der Waals surface area contributed by atoms with Crippen molar-refractivity contribution in [2.45, 2.75) is 212 Å². The molecule has 0 aromatic rings. The average molecular weight is 892 g/mol. The van der Waals surface area contributed by atoms with E-state index in [0.29, 0.717) is 13.0 Å². The molecule has 0 bridgehead atoms. The lowest BCUT2D eigenvalue weighted by molar-refractivity contribution is -0.154. The third-order valence-electron chi connectivity index (χ3n) is 10.2. The first-order chi connectivity index (χ1) is 30.2. The lowest BCUT2D eigenvalue weighted by atomic mass is 10.1. The molecule has 4 N–H and O–H groups in total. The second kappa shape index (κ2) is 46.4. The normalized spacial score (nSPS) is 14.4. The molecule has 11 heteroatoms. The maximum absolute atomic E-state index is 12.7. The van der Waals surface area contributed by atoms with E-state index < -0.39 is 45.1 Å². The van der Waals surface area contributed by atoms with Crippen LogP contribution in [0.4, 0.5) is 0 Å². The lowest BCUT2D eigenvalue weighted by Crippen LogP contribution is -2.34. The van der Waals surface area contributed by atoms with Gasteiger partial charge < -0.3 is 25.2 Å². The molecule has 0 aromatic carbocycles. The van der Waals surface area contributed by atoms with Crippen molar-refractivity contribution in [3.63, 3.8) is 0 Å². The standard InChI is InChI=1S/C51H90NO9P/c1-3-5-7-9-11-13-15-17-19-21-22-23-24-25-26-27-29-31-33-35-37-39-41-43-50(53)61-48(46-59-62(56,57)60-47-49(52)51(54)55)45-58-44-42-40-38-36-34-32-30-28-20-18-16-14-12-10-8-6-4-2/h5,7,11,13,17,19-20,22-23,25-26,28,48-49H,3-4,6,8-10,12,14-16,18,21,24,27,29-47,52H2,1-2H3,(H,54,55)(H,56,57)/b7-5-,13-11-,19-17-,23-22-,26-25-,28-20-. The number of allylic oxidation sites excluding steroid dienone is 12. The summed E-state index contributed by atoms with van der Waals surface area (Å²) in [7, 11) is -4.63. The molecular weight excluding hydrogens is 802 g/mol. The van der Waals surface area contributed by atoms with Crippen LogP contribution in [0.3, 0.4) is 0 Å². The van der Waals surface area contributed by atoms with Gasteiger partial charge in [-0.05, 0) is 83.5 Å². The summed E-state index contributed by atoms with van der Waals surface area (Å²) < 4.78 is 33.4. The van der Waals surface area contributed by atoms with Crippen molar-refractivity contribution in [3.05, 3.63) is 72.9 Å². The summed E-state index contributed by atoms with van der Waals surface area (Å²) in [6.45, 7) is 3.74. The molecule has 0 fully saturated rings. The molecule has 3 unspecified atom stereocenters. The predicted molar refractivity (Wildman–Crippen MR) is 258 cm³/mol. The van der Waals surface area contributed by atoms with Gasteiger partial charge in [-0.25, -0.2) is 4.57 Å². The molecule has 0 aromatic heterocycles. The molecule has 358 valence electrons. The van der Waals surface area contributed by atoms with Gasteiger partial charge in [0.2, 0.25) is 0 Å². The van der Waals surface area contributed by atoms with E-state index in [-0.39, 0.29) is 13.0 Å². The first-order valence-electron chi connectivity index (χ1n) is 24.5. The number of hydrogen-bond acceptors (Lipinski definition) is 8. The third-order valence-corrected chi connectivity index (χ3v) is 11.2. The van der Waals surface area contributed by atoms with Gasteiger partial charge in [-0.2, -0.15) is 0 Å². The molecule has 0 radical (unpaired) electrons. The van der Waals surface area contributed by atoms with Gasteiger partial charge >= 0.3 is 19.8 Å². The van der Waals surface area contributed by atoms with E-state index in [9.17, 15) is 19.0 Å².